The summed E-state index contributed by atoms with van der Waals surface area (Å²) < 4.78 is 16.9. The van der Waals surface area contributed by atoms with Crippen molar-refractivity contribution < 1.29 is 28.6 Å². The van der Waals surface area contributed by atoms with E-state index in [4.69, 9.17) is 14.2 Å². The van der Waals surface area contributed by atoms with Crippen molar-refractivity contribution in [3.63, 3.8) is 0 Å². The normalized spacial score (nSPS) is 11.9. The first-order valence-corrected chi connectivity index (χ1v) is 28.5. The van der Waals surface area contributed by atoms with Gasteiger partial charge in [0.05, 0.1) is 0 Å². The van der Waals surface area contributed by atoms with Crippen LogP contribution in [0, 0.1) is 0 Å². The number of rotatable bonds is 53. The van der Waals surface area contributed by atoms with Gasteiger partial charge in [0.1, 0.15) is 13.2 Å². The zero-order chi connectivity index (χ0) is 45.8. The van der Waals surface area contributed by atoms with Crippen LogP contribution in [0.2, 0.25) is 0 Å². The summed E-state index contributed by atoms with van der Waals surface area (Å²) in [7, 11) is 0. The average Bonchev–Trinajstić information content (AvgIpc) is 3.28. The third-order valence-corrected chi connectivity index (χ3v) is 13.1. The monoisotopic (exact) mass is 891 g/mol. The molecule has 0 aliphatic heterocycles. The highest BCUT2D eigenvalue weighted by atomic mass is 16.6. The second-order valence-electron chi connectivity index (χ2n) is 19.6. The lowest BCUT2D eigenvalue weighted by Gasteiger charge is -2.18. The molecule has 0 rings (SSSR count). The molecular formula is C57H110O6. The summed E-state index contributed by atoms with van der Waals surface area (Å²) in [5.41, 5.74) is 0. The molecule has 0 aromatic rings. The van der Waals surface area contributed by atoms with Gasteiger partial charge in [-0.05, 0) is 19.3 Å². The van der Waals surface area contributed by atoms with Gasteiger partial charge in [-0.2, -0.15) is 0 Å². The third kappa shape index (κ3) is 51.3. The highest BCUT2D eigenvalue weighted by Crippen LogP contribution is 2.18. The molecule has 0 aliphatic rings. The molecule has 6 nitrogen and oxygen atoms in total. The molecule has 0 amide bonds. The molecule has 374 valence electrons. The van der Waals surface area contributed by atoms with Crippen molar-refractivity contribution in [2.24, 2.45) is 0 Å². The van der Waals surface area contributed by atoms with Gasteiger partial charge < -0.3 is 14.2 Å². The van der Waals surface area contributed by atoms with Crippen LogP contribution in [0.15, 0.2) is 0 Å². The van der Waals surface area contributed by atoms with Gasteiger partial charge in [0, 0.05) is 19.3 Å². The van der Waals surface area contributed by atoms with Crippen molar-refractivity contribution in [2.75, 3.05) is 13.2 Å². The average molecular weight is 892 g/mol. The van der Waals surface area contributed by atoms with Crippen LogP contribution in [0.4, 0.5) is 0 Å². The van der Waals surface area contributed by atoms with Crippen molar-refractivity contribution in [2.45, 2.75) is 335 Å². The van der Waals surface area contributed by atoms with Crippen LogP contribution >= 0.6 is 0 Å². The first-order chi connectivity index (χ1) is 31.0. The summed E-state index contributed by atoms with van der Waals surface area (Å²) >= 11 is 0. The van der Waals surface area contributed by atoms with Crippen molar-refractivity contribution in [3.05, 3.63) is 0 Å². The summed E-state index contributed by atoms with van der Waals surface area (Å²) in [5, 5.41) is 0. The number of ether oxygens (including phenoxy) is 3. The number of carbonyl (C=O) groups excluding carboxylic acids is 3. The Balaban J connectivity index is 4.25. The molecule has 0 bridgehead atoms. The smallest absolute Gasteiger partial charge is 0.306 e. The van der Waals surface area contributed by atoms with Gasteiger partial charge in [-0.15, -0.1) is 0 Å². The third-order valence-electron chi connectivity index (χ3n) is 13.1. The minimum Gasteiger partial charge on any atom is -0.462 e. The lowest BCUT2D eigenvalue weighted by molar-refractivity contribution is -0.167. The minimum absolute atomic E-state index is 0.0612. The lowest BCUT2D eigenvalue weighted by Crippen LogP contribution is -2.30. The molecule has 0 radical (unpaired) electrons. The molecule has 0 aromatic carbocycles. The van der Waals surface area contributed by atoms with Gasteiger partial charge in [-0.1, -0.05) is 290 Å². The second kappa shape index (κ2) is 53.0. The Bertz CT molecular complexity index is 936. The molecule has 0 spiro atoms. The van der Waals surface area contributed by atoms with Gasteiger partial charge in [0.2, 0.25) is 0 Å². The highest BCUT2D eigenvalue weighted by molar-refractivity contribution is 5.71. The van der Waals surface area contributed by atoms with Crippen LogP contribution in [-0.4, -0.2) is 37.2 Å². The van der Waals surface area contributed by atoms with Crippen LogP contribution in [0.1, 0.15) is 329 Å². The topological polar surface area (TPSA) is 78.9 Å². The van der Waals surface area contributed by atoms with Crippen molar-refractivity contribution >= 4 is 17.9 Å². The van der Waals surface area contributed by atoms with Crippen molar-refractivity contribution in [3.8, 4) is 0 Å². The molecule has 6 heteroatoms. The molecule has 1 atom stereocenters. The Hall–Kier alpha value is -1.59. The highest BCUT2D eigenvalue weighted by Gasteiger charge is 2.19. The van der Waals surface area contributed by atoms with Crippen LogP contribution in [-0.2, 0) is 28.6 Å². The molecule has 0 saturated carbocycles. The summed E-state index contributed by atoms with van der Waals surface area (Å²) in [6, 6.07) is 0. The van der Waals surface area contributed by atoms with E-state index < -0.39 is 6.10 Å². The Morgan fingerprint density at radius 3 is 0.635 bits per heavy atom. The second-order valence-corrected chi connectivity index (χ2v) is 19.6. The fourth-order valence-electron chi connectivity index (χ4n) is 8.80. The van der Waals surface area contributed by atoms with Gasteiger partial charge in [-0.3, -0.25) is 14.4 Å². The van der Waals surface area contributed by atoms with E-state index in [0.29, 0.717) is 19.3 Å². The van der Waals surface area contributed by atoms with Gasteiger partial charge in [0.25, 0.3) is 0 Å². The maximum atomic E-state index is 12.8. The predicted octanol–water partition coefficient (Wildman–Crippen LogP) is 18.8. The summed E-state index contributed by atoms with van der Waals surface area (Å²) in [6.45, 7) is 6.70. The Labute approximate surface area is 393 Å². The Kier molecular flexibility index (Phi) is 51.7. The van der Waals surface area contributed by atoms with Gasteiger partial charge >= 0.3 is 17.9 Å². The maximum absolute atomic E-state index is 12.8. The van der Waals surface area contributed by atoms with E-state index in [1.807, 2.05) is 0 Å². The van der Waals surface area contributed by atoms with E-state index in [-0.39, 0.29) is 31.1 Å². The van der Waals surface area contributed by atoms with Gasteiger partial charge in [-0.25, -0.2) is 0 Å². The standard InChI is InChI=1S/C57H110O6/c1-4-7-10-13-16-19-22-25-27-28-29-30-31-33-35-38-41-44-47-50-56(59)62-53-54(52-61-55(58)49-46-43-40-37-34-24-21-18-15-12-9-6-3)63-57(60)51-48-45-42-39-36-32-26-23-20-17-14-11-8-5-2/h54H,4-53H2,1-3H3/t54-/m1/s1. The van der Waals surface area contributed by atoms with Crippen molar-refractivity contribution in [1.82, 2.24) is 0 Å². The molecule has 0 saturated heterocycles. The van der Waals surface area contributed by atoms with E-state index in [2.05, 4.69) is 20.8 Å². The maximum Gasteiger partial charge on any atom is 0.306 e. The molecule has 0 fully saturated rings. The first kappa shape index (κ1) is 61.4. The number of carbonyl (C=O) groups is 3. The molecular weight excluding hydrogens is 781 g/mol. The number of esters is 3. The number of hydrogen-bond donors (Lipinski definition) is 0. The number of hydrogen-bond acceptors (Lipinski definition) is 6. The fourth-order valence-corrected chi connectivity index (χ4v) is 8.80. The van der Waals surface area contributed by atoms with E-state index in [1.165, 1.54) is 231 Å². The van der Waals surface area contributed by atoms with E-state index in [1.54, 1.807) is 0 Å². The lowest BCUT2D eigenvalue weighted by atomic mass is 10.0. The molecule has 0 unspecified atom stereocenters. The summed E-state index contributed by atoms with van der Waals surface area (Å²) in [5.74, 6) is -0.834. The van der Waals surface area contributed by atoms with Crippen LogP contribution in [0.25, 0.3) is 0 Å². The SMILES string of the molecule is CCCCCCCCCCCCCCCCCCCCCC(=O)OC[C@@H](COC(=O)CCCCCCCCCCCCCC)OC(=O)CCCCCCCCCCCCCCCC. The van der Waals surface area contributed by atoms with Crippen LogP contribution in [0.5, 0.6) is 0 Å². The fraction of sp³-hybridized carbons (Fsp3) is 0.947. The molecule has 0 aliphatic carbocycles. The molecule has 0 aromatic heterocycles. The van der Waals surface area contributed by atoms with Gasteiger partial charge in [0.15, 0.2) is 6.10 Å². The summed E-state index contributed by atoms with van der Waals surface area (Å²) in [4.78, 5) is 38.1. The van der Waals surface area contributed by atoms with E-state index >= 15 is 0 Å². The first-order valence-electron chi connectivity index (χ1n) is 28.5. The molecule has 63 heavy (non-hydrogen) atoms. The minimum atomic E-state index is -0.760. The van der Waals surface area contributed by atoms with E-state index in [0.717, 1.165) is 57.8 Å². The predicted molar refractivity (Wildman–Crippen MR) is 270 cm³/mol. The van der Waals surface area contributed by atoms with E-state index in [9.17, 15) is 14.4 Å². The zero-order valence-electron chi connectivity index (χ0n) is 42.9. The van der Waals surface area contributed by atoms with Crippen LogP contribution in [0.3, 0.4) is 0 Å². The van der Waals surface area contributed by atoms with Crippen LogP contribution < -0.4 is 0 Å². The van der Waals surface area contributed by atoms with Crippen molar-refractivity contribution in [1.29, 1.82) is 0 Å². The quantitative estimate of drug-likeness (QED) is 0.0344. The number of unbranched alkanes of at least 4 members (excludes halogenated alkanes) is 42. The molecule has 0 heterocycles. The molecule has 0 N–H and O–H groups in total. The Morgan fingerprint density at radius 1 is 0.254 bits per heavy atom. The largest absolute Gasteiger partial charge is 0.462 e. The zero-order valence-corrected chi connectivity index (χ0v) is 42.9. The summed E-state index contributed by atoms with van der Waals surface area (Å²) in [6.07, 6.45) is 58.0. The Morgan fingerprint density at radius 2 is 0.429 bits per heavy atom.